The Labute approximate surface area is 177 Å². The molecule has 30 heavy (non-hydrogen) atoms. The summed E-state index contributed by atoms with van der Waals surface area (Å²) >= 11 is 0. The van der Waals surface area contributed by atoms with E-state index in [1.54, 1.807) is 0 Å². The van der Waals surface area contributed by atoms with Gasteiger partial charge in [-0.3, -0.25) is 14.5 Å². The highest BCUT2D eigenvalue weighted by Crippen LogP contribution is 2.28. The van der Waals surface area contributed by atoms with Gasteiger partial charge in [0.15, 0.2) is 0 Å². The van der Waals surface area contributed by atoms with Crippen LogP contribution in [0.15, 0.2) is 60.7 Å². The second-order valence-corrected chi connectivity index (χ2v) is 7.63. The lowest BCUT2D eigenvalue weighted by molar-refractivity contribution is -0.175. The van der Waals surface area contributed by atoms with Gasteiger partial charge in [0.2, 0.25) is 0 Å². The molecule has 2 aromatic rings. The van der Waals surface area contributed by atoms with Crippen LogP contribution in [0.4, 0.5) is 0 Å². The van der Waals surface area contributed by atoms with E-state index in [4.69, 9.17) is 14.2 Å². The van der Waals surface area contributed by atoms with Crippen molar-refractivity contribution in [1.29, 1.82) is 0 Å². The molecular weight excluding hydrogens is 382 g/mol. The van der Waals surface area contributed by atoms with E-state index in [0.717, 1.165) is 12.1 Å². The fraction of sp³-hybridized carbons (Fsp3) is 0.417. The molecule has 0 spiro atoms. The van der Waals surface area contributed by atoms with E-state index in [9.17, 15) is 9.59 Å². The van der Waals surface area contributed by atoms with Gasteiger partial charge in [-0.15, -0.1) is 0 Å². The number of rotatable bonds is 8. The first-order valence-electron chi connectivity index (χ1n) is 10.2. The molecule has 0 aromatic heterocycles. The highest BCUT2D eigenvalue weighted by molar-refractivity contribution is 5.70. The van der Waals surface area contributed by atoms with Crippen LogP contribution in [0, 0.1) is 5.92 Å². The molecular formula is C24H29NO5. The number of esters is 2. The van der Waals surface area contributed by atoms with Gasteiger partial charge in [-0.25, -0.2) is 0 Å². The molecule has 6 heteroatoms. The Morgan fingerprint density at radius 2 is 1.60 bits per heavy atom. The number of hydrogen-bond acceptors (Lipinski definition) is 6. The van der Waals surface area contributed by atoms with Crippen molar-refractivity contribution in [3.05, 3.63) is 71.8 Å². The molecule has 3 atom stereocenters. The Morgan fingerprint density at radius 3 is 2.20 bits per heavy atom. The van der Waals surface area contributed by atoms with E-state index in [2.05, 4.69) is 17.0 Å². The van der Waals surface area contributed by atoms with Gasteiger partial charge in [0.25, 0.3) is 0 Å². The minimum absolute atomic E-state index is 0.172. The van der Waals surface area contributed by atoms with E-state index >= 15 is 0 Å². The summed E-state index contributed by atoms with van der Waals surface area (Å²) < 4.78 is 16.8. The van der Waals surface area contributed by atoms with Gasteiger partial charge >= 0.3 is 11.9 Å². The van der Waals surface area contributed by atoms with Crippen molar-refractivity contribution in [2.24, 2.45) is 5.92 Å². The molecule has 0 aliphatic carbocycles. The number of carbonyl (C=O) groups excluding carboxylic acids is 2. The average molecular weight is 411 g/mol. The van der Waals surface area contributed by atoms with Crippen molar-refractivity contribution in [2.45, 2.75) is 38.7 Å². The summed E-state index contributed by atoms with van der Waals surface area (Å²) in [5.41, 5.74) is 2.23. The molecule has 1 fully saturated rings. The third kappa shape index (κ3) is 6.40. The first kappa shape index (κ1) is 22.0. The van der Waals surface area contributed by atoms with Crippen LogP contribution in [0.25, 0.3) is 0 Å². The van der Waals surface area contributed by atoms with Crippen LogP contribution in [0.1, 0.15) is 24.5 Å². The zero-order valence-corrected chi connectivity index (χ0v) is 17.5. The van der Waals surface area contributed by atoms with E-state index in [-0.39, 0.29) is 30.4 Å². The van der Waals surface area contributed by atoms with E-state index in [0.29, 0.717) is 19.7 Å². The Bertz CT molecular complexity index is 811. The third-order valence-corrected chi connectivity index (χ3v) is 5.28. The number of benzene rings is 2. The third-order valence-electron chi connectivity index (χ3n) is 5.28. The van der Waals surface area contributed by atoms with Crippen LogP contribution in [0.2, 0.25) is 0 Å². The summed E-state index contributed by atoms with van der Waals surface area (Å²) in [4.78, 5) is 26.1. The molecule has 1 aliphatic heterocycles. The number of likely N-dealkylation sites (tertiary alicyclic amines) is 1. The number of piperidine rings is 1. The maximum atomic E-state index is 12.0. The number of hydrogen-bond donors (Lipinski definition) is 0. The normalized spacial score (nSPS) is 21.7. The monoisotopic (exact) mass is 411 g/mol. The summed E-state index contributed by atoms with van der Waals surface area (Å²) in [6, 6.07) is 20.0. The molecule has 2 aromatic carbocycles. The second kappa shape index (κ2) is 10.9. The smallest absolute Gasteiger partial charge is 0.305 e. The Morgan fingerprint density at radius 1 is 0.967 bits per heavy atom. The molecule has 0 saturated carbocycles. The largest absolute Gasteiger partial charge is 0.469 e. The lowest BCUT2D eigenvalue weighted by atomic mass is 9.89. The molecule has 0 N–H and O–H groups in total. The van der Waals surface area contributed by atoms with Crippen LogP contribution in [-0.2, 0) is 37.0 Å². The highest BCUT2D eigenvalue weighted by Gasteiger charge is 2.41. The van der Waals surface area contributed by atoms with Crippen LogP contribution in [-0.4, -0.2) is 49.2 Å². The highest BCUT2D eigenvalue weighted by atomic mass is 16.6. The second-order valence-electron chi connectivity index (χ2n) is 7.63. The Kier molecular flexibility index (Phi) is 7.99. The summed E-state index contributed by atoms with van der Waals surface area (Å²) in [5, 5.41) is 0. The molecule has 0 bridgehead atoms. The lowest BCUT2D eigenvalue weighted by Gasteiger charge is -2.42. The van der Waals surface area contributed by atoms with Gasteiger partial charge < -0.3 is 14.2 Å². The van der Waals surface area contributed by atoms with Crippen LogP contribution in [0.5, 0.6) is 0 Å². The molecule has 3 rings (SSSR count). The fourth-order valence-corrected chi connectivity index (χ4v) is 3.91. The van der Waals surface area contributed by atoms with Gasteiger partial charge in [0.1, 0.15) is 12.2 Å². The number of ether oxygens (including phenoxy) is 3. The molecule has 1 aliphatic rings. The van der Waals surface area contributed by atoms with Crippen molar-refractivity contribution < 1.29 is 23.8 Å². The summed E-state index contributed by atoms with van der Waals surface area (Å²) in [5.74, 6) is -0.903. The maximum Gasteiger partial charge on any atom is 0.305 e. The summed E-state index contributed by atoms with van der Waals surface area (Å²) in [6.07, 6.45) is -0.677. The van der Waals surface area contributed by atoms with E-state index in [1.165, 1.54) is 19.6 Å². The fourth-order valence-electron chi connectivity index (χ4n) is 3.91. The minimum atomic E-state index is -0.502. The van der Waals surface area contributed by atoms with Crippen LogP contribution in [0.3, 0.4) is 0 Å². The van der Waals surface area contributed by atoms with Crippen molar-refractivity contribution in [2.75, 3.05) is 20.2 Å². The summed E-state index contributed by atoms with van der Waals surface area (Å²) in [7, 11) is 1.37. The molecule has 160 valence electrons. The SMILES string of the molecule is COC(=O)C[C@@H]1CN(Cc2ccccc2)C[C@@H](OCc2ccccc2)[C@@H]1OC(C)=O. The zero-order chi connectivity index (χ0) is 21.3. The van der Waals surface area contributed by atoms with Crippen molar-refractivity contribution in [3.8, 4) is 0 Å². The van der Waals surface area contributed by atoms with Crippen molar-refractivity contribution in [3.63, 3.8) is 0 Å². The molecule has 0 radical (unpaired) electrons. The van der Waals surface area contributed by atoms with Gasteiger partial charge in [-0.1, -0.05) is 60.7 Å². The van der Waals surface area contributed by atoms with E-state index in [1.807, 2.05) is 48.5 Å². The minimum Gasteiger partial charge on any atom is -0.469 e. The first-order valence-corrected chi connectivity index (χ1v) is 10.2. The lowest BCUT2D eigenvalue weighted by Crippen LogP contribution is -2.55. The van der Waals surface area contributed by atoms with E-state index < -0.39 is 6.10 Å². The topological polar surface area (TPSA) is 65.1 Å². The standard InChI is InChI=1S/C24H29NO5/c1-18(26)30-24-21(13-23(27)28-2)15-25(14-19-9-5-3-6-10-19)16-22(24)29-17-20-11-7-4-8-12-20/h3-12,21-22,24H,13-17H2,1-2H3/t21-,22-,24-/m1/s1. The predicted octanol–water partition coefficient (Wildman–Crippen LogP) is 3.20. The molecule has 0 unspecified atom stereocenters. The van der Waals surface area contributed by atoms with Gasteiger partial charge in [0, 0.05) is 32.5 Å². The van der Waals surface area contributed by atoms with Crippen LogP contribution < -0.4 is 0 Å². The van der Waals surface area contributed by atoms with Crippen molar-refractivity contribution >= 4 is 11.9 Å². The Hall–Kier alpha value is -2.70. The van der Waals surface area contributed by atoms with Gasteiger partial charge in [-0.2, -0.15) is 0 Å². The maximum absolute atomic E-state index is 12.0. The zero-order valence-electron chi connectivity index (χ0n) is 17.5. The first-order chi connectivity index (χ1) is 14.5. The van der Waals surface area contributed by atoms with Gasteiger partial charge in [0.05, 0.1) is 20.1 Å². The molecule has 1 heterocycles. The number of carbonyl (C=O) groups is 2. The number of methoxy groups -OCH3 is 1. The molecule has 1 saturated heterocycles. The predicted molar refractivity (Wildman–Crippen MR) is 112 cm³/mol. The Balaban J connectivity index is 1.78. The average Bonchev–Trinajstić information content (AvgIpc) is 2.75. The van der Waals surface area contributed by atoms with Crippen LogP contribution >= 0.6 is 0 Å². The molecule has 6 nitrogen and oxygen atoms in total. The molecule has 0 amide bonds. The summed E-state index contributed by atoms with van der Waals surface area (Å²) in [6.45, 7) is 3.76. The number of nitrogens with zero attached hydrogens (tertiary/aromatic N) is 1. The quantitative estimate of drug-likeness (QED) is 0.622. The van der Waals surface area contributed by atoms with Gasteiger partial charge in [-0.05, 0) is 11.1 Å². The van der Waals surface area contributed by atoms with Crippen molar-refractivity contribution in [1.82, 2.24) is 4.90 Å².